The highest BCUT2D eigenvalue weighted by Gasteiger charge is 2.28. The molecular weight excluding hydrogens is 546 g/mol. The number of aromatic nitrogens is 4. The summed E-state index contributed by atoms with van der Waals surface area (Å²) in [5.41, 5.74) is 7.39. The van der Waals surface area contributed by atoms with Crippen LogP contribution in [0.15, 0.2) is 73.2 Å². The molecule has 2 N–H and O–H groups in total. The fraction of sp³-hybridized carbons (Fsp3) is 0.143. The van der Waals surface area contributed by atoms with Crippen LogP contribution in [-0.2, 0) is 6.61 Å². The number of carbonyl (C=O) groups excluding carboxylic acids is 1. The van der Waals surface area contributed by atoms with E-state index in [1.165, 1.54) is 35.0 Å². The highest BCUT2D eigenvalue weighted by Crippen LogP contribution is 2.39. The normalized spacial score (nSPS) is 12.0. The van der Waals surface area contributed by atoms with Crippen molar-refractivity contribution in [3.63, 3.8) is 0 Å². The van der Waals surface area contributed by atoms with Crippen LogP contribution < -0.4 is 19.9 Å². The van der Waals surface area contributed by atoms with E-state index in [1.807, 2.05) is 30.3 Å². The molecule has 0 saturated heterocycles. The number of ether oxygens (including phenoxy) is 3. The van der Waals surface area contributed by atoms with Crippen molar-refractivity contribution in [2.24, 2.45) is 5.73 Å². The molecular formula is C28H21F4N5O4. The third-order valence-corrected chi connectivity index (χ3v) is 5.98. The Labute approximate surface area is 230 Å². The van der Waals surface area contributed by atoms with E-state index in [0.717, 1.165) is 18.0 Å². The number of nitrogens with zero attached hydrogens (tertiary/aromatic N) is 4. The van der Waals surface area contributed by atoms with Crippen LogP contribution in [0.1, 0.15) is 11.1 Å². The summed E-state index contributed by atoms with van der Waals surface area (Å²) in [6, 6.07) is 16.2. The molecule has 5 rings (SSSR count). The summed E-state index contributed by atoms with van der Waals surface area (Å²) in [5, 5.41) is 0. The monoisotopic (exact) mass is 567 g/mol. The quantitative estimate of drug-likeness (QED) is 0.220. The van der Waals surface area contributed by atoms with E-state index in [-0.39, 0.29) is 34.8 Å². The molecule has 0 bridgehead atoms. The first kappa shape index (κ1) is 27.4. The number of carbonyl (C=O) groups is 1. The molecule has 1 atom stereocenters. The number of halogens is 4. The van der Waals surface area contributed by atoms with Crippen molar-refractivity contribution in [2.75, 3.05) is 0 Å². The number of alkyl halides is 3. The Bertz CT molecular complexity index is 1700. The van der Waals surface area contributed by atoms with Crippen LogP contribution in [0.2, 0.25) is 0 Å². The lowest BCUT2D eigenvalue weighted by atomic mass is 10.1. The van der Waals surface area contributed by atoms with E-state index in [2.05, 4.69) is 15.0 Å². The molecule has 0 radical (unpaired) electrons. The second-order valence-electron chi connectivity index (χ2n) is 8.68. The molecule has 1 amide bonds. The Morgan fingerprint density at radius 2 is 1.80 bits per heavy atom. The Balaban J connectivity index is 1.64. The van der Waals surface area contributed by atoms with Gasteiger partial charge in [-0.3, -0.25) is 4.98 Å². The Kier molecular flexibility index (Phi) is 7.68. The number of amides is 1. The van der Waals surface area contributed by atoms with E-state index in [1.54, 1.807) is 6.92 Å². The number of primary amides is 1. The zero-order chi connectivity index (χ0) is 29.1. The summed E-state index contributed by atoms with van der Waals surface area (Å²) >= 11 is 0. The Morgan fingerprint density at radius 1 is 1.02 bits per heavy atom. The molecule has 41 heavy (non-hydrogen) atoms. The molecule has 9 nitrogen and oxygen atoms in total. The second kappa shape index (κ2) is 11.5. The maximum Gasteiger partial charge on any atom is 0.410 e. The predicted molar refractivity (Wildman–Crippen MR) is 139 cm³/mol. The van der Waals surface area contributed by atoms with Crippen LogP contribution in [0.25, 0.3) is 28.1 Å². The van der Waals surface area contributed by atoms with E-state index in [4.69, 9.17) is 19.9 Å². The third kappa shape index (κ3) is 5.73. The fourth-order valence-electron chi connectivity index (χ4n) is 4.22. The van der Waals surface area contributed by atoms with Gasteiger partial charge in [0, 0.05) is 17.3 Å². The number of rotatable bonds is 9. The Morgan fingerprint density at radius 3 is 2.46 bits per heavy atom. The number of hydrogen-bond acceptors (Lipinski definition) is 7. The van der Waals surface area contributed by atoms with Crippen molar-refractivity contribution in [1.82, 2.24) is 19.5 Å². The minimum atomic E-state index is -3.44. The lowest BCUT2D eigenvalue weighted by molar-refractivity contribution is -0.0683. The zero-order valence-corrected chi connectivity index (χ0v) is 21.3. The number of hydrogen-bond donors (Lipinski definition) is 1. The van der Waals surface area contributed by atoms with Crippen LogP contribution in [0.3, 0.4) is 0 Å². The number of fused-ring (bicyclic) bond motifs is 1. The maximum absolute atomic E-state index is 15.3. The standard InChI is InChI=1S/C28H21F4N5O4/c1-15-22-24(27(36-14-35-22)41-26(32)25(30)31)37(23(15)20-9-8-18(12-34-20)40-28(33)38)17-7-10-21(19(29)11-17)39-13-16-5-3-2-4-6-16/h2-12,14,25-26H,13H2,1H3,(H2,33,38). The SMILES string of the molecule is Cc1c(-c2ccc(OC(N)=O)cn2)n(-c2ccc(OCc3ccccc3)c(F)c2)c2c(OC(F)C(F)F)ncnc12. The molecule has 3 aromatic heterocycles. The minimum Gasteiger partial charge on any atom is -0.486 e. The van der Waals surface area contributed by atoms with Crippen molar-refractivity contribution < 1.29 is 36.6 Å². The van der Waals surface area contributed by atoms with Gasteiger partial charge in [0.25, 0.3) is 6.36 Å². The maximum atomic E-state index is 15.3. The van der Waals surface area contributed by atoms with Gasteiger partial charge < -0.3 is 24.5 Å². The fourth-order valence-corrected chi connectivity index (χ4v) is 4.22. The van der Waals surface area contributed by atoms with E-state index >= 15 is 4.39 Å². The van der Waals surface area contributed by atoms with Gasteiger partial charge in [-0.15, -0.1) is 0 Å². The van der Waals surface area contributed by atoms with Crippen LogP contribution in [0.4, 0.5) is 22.4 Å². The van der Waals surface area contributed by atoms with Crippen LogP contribution in [0, 0.1) is 12.7 Å². The van der Waals surface area contributed by atoms with Crippen molar-refractivity contribution >= 4 is 17.1 Å². The molecule has 0 saturated carbocycles. The van der Waals surface area contributed by atoms with E-state index in [0.29, 0.717) is 17.0 Å². The topological polar surface area (TPSA) is 114 Å². The Hall–Kier alpha value is -5.20. The first-order chi connectivity index (χ1) is 19.7. The molecule has 0 aliphatic heterocycles. The molecule has 5 aromatic rings. The predicted octanol–water partition coefficient (Wildman–Crippen LogP) is 5.91. The van der Waals surface area contributed by atoms with Crippen LogP contribution in [0.5, 0.6) is 17.4 Å². The van der Waals surface area contributed by atoms with Gasteiger partial charge in [0.2, 0.25) is 5.88 Å². The van der Waals surface area contributed by atoms with Gasteiger partial charge in [-0.25, -0.2) is 22.9 Å². The van der Waals surface area contributed by atoms with Crippen LogP contribution >= 0.6 is 0 Å². The summed E-state index contributed by atoms with van der Waals surface area (Å²) in [6.45, 7) is 1.78. The smallest absolute Gasteiger partial charge is 0.410 e. The molecule has 0 aliphatic carbocycles. The molecule has 210 valence electrons. The van der Waals surface area contributed by atoms with Gasteiger partial charge >= 0.3 is 12.5 Å². The van der Waals surface area contributed by atoms with E-state index in [9.17, 15) is 18.0 Å². The molecule has 3 heterocycles. The lowest BCUT2D eigenvalue weighted by Crippen LogP contribution is -2.20. The molecule has 2 aromatic carbocycles. The first-order valence-electron chi connectivity index (χ1n) is 12.1. The largest absolute Gasteiger partial charge is 0.486 e. The summed E-state index contributed by atoms with van der Waals surface area (Å²) in [4.78, 5) is 23.5. The molecule has 1 unspecified atom stereocenters. The van der Waals surface area contributed by atoms with E-state index < -0.39 is 30.6 Å². The van der Waals surface area contributed by atoms with Gasteiger partial charge in [-0.05, 0) is 36.8 Å². The summed E-state index contributed by atoms with van der Waals surface area (Å²) in [5.74, 6) is -1.19. The number of nitrogens with two attached hydrogens (primary N) is 1. The van der Waals surface area contributed by atoms with Gasteiger partial charge in [0.15, 0.2) is 17.3 Å². The zero-order valence-electron chi connectivity index (χ0n) is 21.3. The van der Waals surface area contributed by atoms with Gasteiger partial charge in [0.05, 0.1) is 23.1 Å². The number of aryl methyl sites for hydroxylation is 1. The van der Waals surface area contributed by atoms with Gasteiger partial charge in [0.1, 0.15) is 18.5 Å². The highest BCUT2D eigenvalue weighted by molar-refractivity contribution is 5.93. The van der Waals surface area contributed by atoms with Gasteiger partial charge in [-0.2, -0.15) is 9.37 Å². The lowest BCUT2D eigenvalue weighted by Gasteiger charge is -2.16. The van der Waals surface area contributed by atoms with Crippen molar-refractivity contribution in [3.8, 4) is 34.5 Å². The average molecular weight is 567 g/mol. The summed E-state index contributed by atoms with van der Waals surface area (Å²) in [7, 11) is 0. The first-order valence-corrected chi connectivity index (χ1v) is 12.1. The van der Waals surface area contributed by atoms with Crippen molar-refractivity contribution in [3.05, 3.63) is 90.1 Å². The summed E-state index contributed by atoms with van der Waals surface area (Å²) in [6.07, 6.45) is -5.18. The van der Waals surface area contributed by atoms with Crippen molar-refractivity contribution in [1.29, 1.82) is 0 Å². The number of pyridine rings is 1. The molecule has 13 heteroatoms. The third-order valence-electron chi connectivity index (χ3n) is 5.98. The summed E-state index contributed by atoms with van der Waals surface area (Å²) < 4.78 is 72.2. The molecule has 0 fully saturated rings. The molecule has 0 spiro atoms. The highest BCUT2D eigenvalue weighted by atomic mass is 19.3. The second-order valence-corrected chi connectivity index (χ2v) is 8.68. The van der Waals surface area contributed by atoms with Crippen molar-refractivity contribution in [2.45, 2.75) is 26.3 Å². The average Bonchev–Trinajstić information content (AvgIpc) is 3.26. The van der Waals surface area contributed by atoms with Crippen LogP contribution in [-0.4, -0.2) is 38.4 Å². The minimum absolute atomic E-state index is 0.0000774. The molecule has 0 aliphatic rings. The van der Waals surface area contributed by atoms with Gasteiger partial charge in [-0.1, -0.05) is 30.3 Å². The number of benzene rings is 2.